The van der Waals surface area contributed by atoms with Crippen LogP contribution in [-0.2, 0) is 12.7 Å². The lowest BCUT2D eigenvalue weighted by molar-refractivity contribution is -0.137. The Hall–Kier alpha value is -3.09. The van der Waals surface area contributed by atoms with Gasteiger partial charge in [0.15, 0.2) is 0 Å². The molecule has 1 heterocycles. The van der Waals surface area contributed by atoms with Crippen molar-refractivity contribution in [2.45, 2.75) is 38.5 Å². The second-order valence-corrected chi connectivity index (χ2v) is 8.30. The van der Waals surface area contributed by atoms with E-state index >= 15 is 0 Å². The molecule has 0 bridgehead atoms. The standard InChI is InChI=1S/C24H24F3N3O/c1-15-4-5-17-13-18(22(29(2)3)28-21(17)12-15)14-30(20-10-11-20)23(31)16-6-8-19(9-7-16)24(25,26)27/h4-9,12-13,20H,10-11,14H2,1-3H3. The van der Waals surface area contributed by atoms with Crippen molar-refractivity contribution in [3.05, 3.63) is 70.8 Å². The molecule has 4 nitrogen and oxygen atoms in total. The predicted octanol–water partition coefficient (Wildman–Crippen LogP) is 5.43. The first kappa shape index (κ1) is 21.2. The van der Waals surface area contributed by atoms with Crippen molar-refractivity contribution < 1.29 is 18.0 Å². The van der Waals surface area contributed by atoms with Gasteiger partial charge in [0.2, 0.25) is 0 Å². The van der Waals surface area contributed by atoms with E-state index in [9.17, 15) is 18.0 Å². The number of hydrogen-bond donors (Lipinski definition) is 0. The van der Waals surface area contributed by atoms with Gasteiger partial charge in [-0.15, -0.1) is 0 Å². The Morgan fingerprint density at radius 3 is 2.32 bits per heavy atom. The zero-order valence-corrected chi connectivity index (χ0v) is 17.7. The van der Waals surface area contributed by atoms with Gasteiger partial charge in [0, 0.05) is 43.2 Å². The van der Waals surface area contributed by atoms with Gasteiger partial charge in [-0.1, -0.05) is 12.1 Å². The summed E-state index contributed by atoms with van der Waals surface area (Å²) in [5.41, 5.74) is 2.42. The van der Waals surface area contributed by atoms with Crippen molar-refractivity contribution in [3.63, 3.8) is 0 Å². The summed E-state index contributed by atoms with van der Waals surface area (Å²) in [7, 11) is 3.82. The van der Waals surface area contributed by atoms with Gasteiger partial charge < -0.3 is 9.80 Å². The van der Waals surface area contributed by atoms with Gasteiger partial charge in [-0.3, -0.25) is 4.79 Å². The van der Waals surface area contributed by atoms with E-state index in [1.165, 1.54) is 12.1 Å². The van der Waals surface area contributed by atoms with E-state index in [4.69, 9.17) is 4.98 Å². The fourth-order valence-corrected chi connectivity index (χ4v) is 3.72. The number of anilines is 1. The third kappa shape index (κ3) is 4.50. The van der Waals surface area contributed by atoms with Gasteiger partial charge in [0.25, 0.3) is 5.91 Å². The molecule has 31 heavy (non-hydrogen) atoms. The van der Waals surface area contributed by atoms with E-state index in [1.807, 2.05) is 50.2 Å². The number of alkyl halides is 3. The molecule has 0 spiro atoms. The largest absolute Gasteiger partial charge is 0.416 e. The van der Waals surface area contributed by atoms with Crippen molar-refractivity contribution in [3.8, 4) is 0 Å². The molecule has 1 saturated carbocycles. The molecule has 0 atom stereocenters. The van der Waals surface area contributed by atoms with Crippen LogP contribution >= 0.6 is 0 Å². The molecule has 7 heteroatoms. The third-order valence-corrected chi connectivity index (χ3v) is 5.50. The van der Waals surface area contributed by atoms with Gasteiger partial charge in [0.1, 0.15) is 5.82 Å². The molecule has 162 valence electrons. The van der Waals surface area contributed by atoms with E-state index in [-0.39, 0.29) is 17.5 Å². The first-order valence-corrected chi connectivity index (χ1v) is 10.2. The lowest BCUT2D eigenvalue weighted by Crippen LogP contribution is -2.33. The second-order valence-electron chi connectivity index (χ2n) is 8.30. The molecule has 1 aromatic heterocycles. The summed E-state index contributed by atoms with van der Waals surface area (Å²) in [6.07, 6.45) is -2.64. The number of rotatable bonds is 5. The molecule has 1 amide bonds. The van der Waals surface area contributed by atoms with E-state index < -0.39 is 11.7 Å². The maximum absolute atomic E-state index is 13.2. The minimum Gasteiger partial charge on any atom is -0.362 e. The molecule has 0 radical (unpaired) electrons. The number of aryl methyl sites for hydroxylation is 1. The van der Waals surface area contributed by atoms with Gasteiger partial charge in [0.05, 0.1) is 11.1 Å². The van der Waals surface area contributed by atoms with Crippen LogP contribution in [0.15, 0.2) is 48.5 Å². The highest BCUT2D eigenvalue weighted by molar-refractivity contribution is 5.95. The summed E-state index contributed by atoms with van der Waals surface area (Å²) < 4.78 is 38.6. The number of hydrogen-bond acceptors (Lipinski definition) is 3. The molecule has 1 fully saturated rings. The van der Waals surface area contributed by atoms with Crippen molar-refractivity contribution in [1.82, 2.24) is 9.88 Å². The molecule has 1 aliphatic carbocycles. The number of carbonyl (C=O) groups is 1. The average molecular weight is 427 g/mol. The van der Waals surface area contributed by atoms with Crippen LogP contribution in [0, 0.1) is 6.92 Å². The van der Waals surface area contributed by atoms with Crippen molar-refractivity contribution in [2.24, 2.45) is 0 Å². The van der Waals surface area contributed by atoms with Crippen LogP contribution in [0.25, 0.3) is 10.9 Å². The van der Waals surface area contributed by atoms with Gasteiger partial charge >= 0.3 is 6.18 Å². The maximum Gasteiger partial charge on any atom is 0.416 e. The lowest BCUT2D eigenvalue weighted by atomic mass is 10.1. The van der Waals surface area contributed by atoms with E-state index in [0.717, 1.165) is 52.8 Å². The SMILES string of the molecule is Cc1ccc2cc(CN(C(=O)c3ccc(C(F)(F)F)cc3)C3CC3)c(N(C)C)nc2c1. The summed E-state index contributed by atoms with van der Waals surface area (Å²) in [5, 5.41) is 0.990. The molecular formula is C24H24F3N3O. The van der Waals surface area contributed by atoms with E-state index in [1.54, 1.807) is 4.90 Å². The van der Waals surface area contributed by atoms with Crippen molar-refractivity contribution in [1.29, 1.82) is 0 Å². The van der Waals surface area contributed by atoms with Crippen LogP contribution in [-0.4, -0.2) is 35.9 Å². The molecule has 0 saturated heterocycles. The first-order chi connectivity index (χ1) is 14.6. The van der Waals surface area contributed by atoms with Crippen LogP contribution in [0.4, 0.5) is 19.0 Å². The molecule has 2 aromatic carbocycles. The summed E-state index contributed by atoms with van der Waals surface area (Å²) in [5.74, 6) is 0.522. The normalized spacial score (nSPS) is 14.0. The second kappa shape index (κ2) is 7.87. The van der Waals surface area contributed by atoms with Gasteiger partial charge in [-0.2, -0.15) is 13.2 Å². The van der Waals surface area contributed by atoms with E-state index in [2.05, 4.69) is 0 Å². The molecule has 1 aliphatic rings. The van der Waals surface area contributed by atoms with Gasteiger partial charge in [-0.05, 0) is 61.7 Å². The number of benzene rings is 2. The fourth-order valence-electron chi connectivity index (χ4n) is 3.72. The Morgan fingerprint density at radius 2 is 1.74 bits per heavy atom. The molecule has 0 aliphatic heterocycles. The predicted molar refractivity (Wildman–Crippen MR) is 115 cm³/mol. The topological polar surface area (TPSA) is 36.4 Å². The summed E-state index contributed by atoms with van der Waals surface area (Å²) in [6.45, 7) is 2.37. The Bertz CT molecular complexity index is 1120. The Morgan fingerprint density at radius 1 is 1.06 bits per heavy atom. The van der Waals surface area contributed by atoms with E-state index in [0.29, 0.717) is 6.54 Å². The molecule has 0 N–H and O–H groups in total. The minimum absolute atomic E-state index is 0.0959. The highest BCUT2D eigenvalue weighted by atomic mass is 19.4. The number of fused-ring (bicyclic) bond motifs is 1. The van der Waals surface area contributed by atoms with Crippen LogP contribution < -0.4 is 4.90 Å². The van der Waals surface area contributed by atoms with Crippen LogP contribution in [0.1, 0.15) is 39.9 Å². The molecule has 0 unspecified atom stereocenters. The smallest absolute Gasteiger partial charge is 0.362 e. The number of nitrogens with zero attached hydrogens (tertiary/aromatic N) is 3. The number of aromatic nitrogens is 1. The number of pyridine rings is 1. The average Bonchev–Trinajstić information content (AvgIpc) is 3.55. The third-order valence-electron chi connectivity index (χ3n) is 5.50. The summed E-state index contributed by atoms with van der Waals surface area (Å²) in [6, 6.07) is 12.6. The number of carbonyl (C=O) groups excluding carboxylic acids is 1. The van der Waals surface area contributed by atoms with Crippen LogP contribution in [0.3, 0.4) is 0 Å². The first-order valence-electron chi connectivity index (χ1n) is 10.2. The summed E-state index contributed by atoms with van der Waals surface area (Å²) >= 11 is 0. The van der Waals surface area contributed by atoms with Crippen LogP contribution in [0.5, 0.6) is 0 Å². The molecule has 3 aromatic rings. The quantitative estimate of drug-likeness (QED) is 0.545. The lowest BCUT2D eigenvalue weighted by Gasteiger charge is -2.26. The Kier molecular flexibility index (Phi) is 5.37. The van der Waals surface area contributed by atoms with Gasteiger partial charge in [-0.25, -0.2) is 4.98 Å². The maximum atomic E-state index is 13.2. The van der Waals surface area contributed by atoms with Crippen molar-refractivity contribution >= 4 is 22.6 Å². The monoisotopic (exact) mass is 427 g/mol. The Labute approximate surface area is 179 Å². The minimum atomic E-state index is -4.42. The molecule has 4 rings (SSSR count). The van der Waals surface area contributed by atoms with Crippen molar-refractivity contribution in [2.75, 3.05) is 19.0 Å². The fraction of sp³-hybridized carbons (Fsp3) is 0.333. The Balaban J connectivity index is 1.67. The number of halogens is 3. The highest BCUT2D eigenvalue weighted by Gasteiger charge is 2.35. The van der Waals surface area contributed by atoms with Crippen LogP contribution in [0.2, 0.25) is 0 Å². The zero-order chi connectivity index (χ0) is 22.3. The highest BCUT2D eigenvalue weighted by Crippen LogP contribution is 2.33. The molecular weight excluding hydrogens is 403 g/mol. The number of amides is 1. The zero-order valence-electron chi connectivity index (χ0n) is 17.7. The summed E-state index contributed by atoms with van der Waals surface area (Å²) in [4.78, 5) is 21.7.